The molecule has 12 nitrogen and oxygen atoms in total. The first-order valence-corrected chi connectivity index (χ1v) is 22.0. The maximum atomic E-state index is 14.3. The van der Waals surface area contributed by atoms with E-state index in [-0.39, 0.29) is 45.0 Å². The second-order valence-electron chi connectivity index (χ2n) is 13.6. The molecule has 284 valence electrons. The number of carbonyl (C=O) groups is 3. The molecule has 0 bridgehead atoms. The van der Waals surface area contributed by atoms with E-state index in [0.29, 0.717) is 51.2 Å². The van der Waals surface area contributed by atoms with Crippen LogP contribution in [-0.2, 0) is 30.1 Å². The van der Waals surface area contributed by atoms with Gasteiger partial charge in [-0.05, 0) is 75.2 Å². The third-order valence-electron chi connectivity index (χ3n) is 9.77. The molecular weight excluding hydrogens is 751 g/mol. The number of hydrogen-bond acceptors (Lipinski definition) is 9. The van der Waals surface area contributed by atoms with E-state index in [1.54, 1.807) is 38.1 Å². The number of rotatable bonds is 16. The van der Waals surface area contributed by atoms with Crippen LogP contribution in [0.4, 0.5) is 0 Å². The number of amides is 3. The number of imide groups is 1. The summed E-state index contributed by atoms with van der Waals surface area (Å²) in [7, 11) is -14.1. The van der Waals surface area contributed by atoms with Crippen molar-refractivity contribution in [1.82, 2.24) is 12.9 Å². The van der Waals surface area contributed by atoms with Gasteiger partial charge in [-0.25, -0.2) is 29.6 Å². The highest BCUT2D eigenvalue weighted by molar-refractivity contribution is 8.04. The molecule has 0 aliphatic carbocycles. The Labute approximate surface area is 316 Å². The Balaban J connectivity index is 1.21. The predicted molar refractivity (Wildman–Crippen MR) is 201 cm³/mol. The zero-order valence-electron chi connectivity index (χ0n) is 29.9. The number of unbranched alkanes of at least 4 members (excludes halogenated alkanes) is 5. The molecule has 4 aromatic rings. The summed E-state index contributed by atoms with van der Waals surface area (Å²) in [5, 5.41) is 0. The average Bonchev–Trinajstić information content (AvgIpc) is 3.51. The summed E-state index contributed by atoms with van der Waals surface area (Å²) in [5.41, 5.74) is 2.21. The largest absolute Gasteiger partial charge is 0.274 e. The number of hydrogen-bond donors (Lipinski definition) is 0. The van der Waals surface area contributed by atoms with Gasteiger partial charge >= 0.3 is 0 Å². The van der Waals surface area contributed by atoms with E-state index >= 15 is 0 Å². The lowest BCUT2D eigenvalue weighted by atomic mass is 10.0. The van der Waals surface area contributed by atoms with Gasteiger partial charge in [0.2, 0.25) is 0 Å². The van der Waals surface area contributed by atoms with Crippen LogP contribution in [0.25, 0.3) is 0 Å². The first kappa shape index (κ1) is 39.0. The first-order chi connectivity index (χ1) is 25.7. The van der Waals surface area contributed by atoms with Crippen LogP contribution >= 0.6 is 0 Å². The minimum Gasteiger partial charge on any atom is -0.274 e. The smallest absolute Gasteiger partial charge is 0.269 e. The van der Waals surface area contributed by atoms with E-state index in [4.69, 9.17) is 0 Å². The van der Waals surface area contributed by atoms with Crippen LogP contribution in [0.3, 0.4) is 0 Å². The van der Waals surface area contributed by atoms with Crippen molar-refractivity contribution in [3.05, 3.63) is 125 Å². The average molecular weight is 792 g/mol. The normalized spacial score (nSPS) is 15.9. The van der Waals surface area contributed by atoms with E-state index in [9.17, 15) is 39.6 Å². The minimum atomic E-state index is -4.80. The fraction of sp³-hybridized carbons (Fsp3) is 0.308. The zero-order valence-corrected chi connectivity index (χ0v) is 32.4. The van der Waals surface area contributed by atoms with Crippen LogP contribution in [0, 0.1) is 13.8 Å². The molecule has 15 heteroatoms. The lowest BCUT2D eigenvalue weighted by Gasteiger charge is -2.31. The highest BCUT2D eigenvalue weighted by Crippen LogP contribution is 2.35. The fourth-order valence-electron chi connectivity index (χ4n) is 6.80. The van der Waals surface area contributed by atoms with Gasteiger partial charge < -0.3 is 0 Å². The molecule has 1 unspecified atom stereocenters. The quantitative estimate of drug-likeness (QED) is 0.0990. The Kier molecular flexibility index (Phi) is 11.2. The predicted octanol–water partition coefficient (Wildman–Crippen LogP) is 5.92. The molecule has 0 fully saturated rings. The summed E-state index contributed by atoms with van der Waals surface area (Å²) in [6.07, 6.45) is 3.61. The van der Waals surface area contributed by atoms with Crippen molar-refractivity contribution in [1.29, 1.82) is 0 Å². The molecular formula is C39H41N3O9S3. The maximum Gasteiger partial charge on any atom is 0.269 e. The van der Waals surface area contributed by atoms with Crippen LogP contribution in [0.1, 0.15) is 87.1 Å². The summed E-state index contributed by atoms with van der Waals surface area (Å²) in [5.74, 6) is -1.47. The van der Waals surface area contributed by atoms with Gasteiger partial charge in [-0.3, -0.25) is 19.3 Å². The molecule has 6 rings (SSSR count). The third kappa shape index (κ3) is 7.50. The van der Waals surface area contributed by atoms with Gasteiger partial charge in [0.25, 0.3) is 47.8 Å². The fourth-order valence-corrected chi connectivity index (χ4v) is 12.3. The molecule has 54 heavy (non-hydrogen) atoms. The Morgan fingerprint density at radius 2 is 1.02 bits per heavy atom. The van der Waals surface area contributed by atoms with Crippen molar-refractivity contribution >= 4 is 47.8 Å². The van der Waals surface area contributed by atoms with Gasteiger partial charge in [-0.2, -0.15) is 0 Å². The lowest BCUT2D eigenvalue weighted by molar-refractivity contribution is 0.0650. The monoisotopic (exact) mass is 791 g/mol. The molecule has 0 spiro atoms. The molecule has 2 heterocycles. The molecule has 0 aromatic heterocycles. The molecule has 0 saturated carbocycles. The van der Waals surface area contributed by atoms with Gasteiger partial charge in [-0.1, -0.05) is 95.5 Å². The Bertz CT molecular complexity index is 2300. The topological polar surface area (TPSA) is 163 Å². The number of aryl methyl sites for hydroxylation is 2. The Hall–Kier alpha value is -4.70. The van der Waals surface area contributed by atoms with Gasteiger partial charge in [0, 0.05) is 6.54 Å². The van der Waals surface area contributed by atoms with E-state index in [1.807, 2.05) is 0 Å². The van der Waals surface area contributed by atoms with Crippen molar-refractivity contribution in [3.63, 3.8) is 0 Å². The second kappa shape index (κ2) is 15.6. The van der Waals surface area contributed by atoms with E-state index in [1.165, 1.54) is 77.7 Å². The standard InChI is InChI=1S/C39H41N3O9S3/c1-28-18-22-31(23-19-28)52(46,47)41(53(48,49)32-24-20-29(2)21-25-32)27-30(42-39(45)35-16-10-11-17-36(35)54(42,50)51)13-7-5-3-4-6-12-26-40-37(43)33-14-8-9-15-34(33)38(40)44/h8-11,14-25,30H,3-7,12-13,26-27H2,1-2H3. The van der Waals surface area contributed by atoms with Crippen molar-refractivity contribution in [3.8, 4) is 0 Å². The van der Waals surface area contributed by atoms with Gasteiger partial charge in [0.15, 0.2) is 0 Å². The van der Waals surface area contributed by atoms with Gasteiger partial charge in [0.1, 0.15) is 4.90 Å². The minimum absolute atomic E-state index is 0.0165. The van der Waals surface area contributed by atoms with Crippen molar-refractivity contribution < 1.29 is 39.6 Å². The van der Waals surface area contributed by atoms with Crippen LogP contribution in [0.15, 0.2) is 112 Å². The lowest BCUT2D eigenvalue weighted by Crippen LogP contribution is -2.50. The number of fused-ring (bicyclic) bond motifs is 2. The molecule has 0 saturated heterocycles. The number of sulfonamides is 3. The summed E-state index contributed by atoms with van der Waals surface area (Å²) in [6, 6.07) is 22.3. The summed E-state index contributed by atoms with van der Waals surface area (Å²) in [6.45, 7) is 2.95. The van der Waals surface area contributed by atoms with Crippen molar-refractivity contribution in [2.45, 2.75) is 79.5 Å². The van der Waals surface area contributed by atoms with Crippen LogP contribution < -0.4 is 0 Å². The van der Waals surface area contributed by atoms with Gasteiger partial charge in [0.05, 0.1) is 39.1 Å². The SMILES string of the molecule is Cc1ccc(S(=O)(=O)N(CC(CCCCCCCCN2C(=O)c3ccccc3C2=O)N2C(=O)c3ccccc3S2(=O)=O)S(=O)(=O)c2ccc(C)cc2)cc1. The van der Waals surface area contributed by atoms with Crippen LogP contribution in [0.2, 0.25) is 0 Å². The molecule has 0 N–H and O–H groups in total. The third-order valence-corrected chi connectivity index (χ3v) is 15.9. The molecule has 4 aromatic carbocycles. The zero-order chi connectivity index (χ0) is 38.8. The van der Waals surface area contributed by atoms with Crippen LogP contribution in [0.5, 0.6) is 0 Å². The Morgan fingerprint density at radius 1 is 0.574 bits per heavy atom. The maximum absolute atomic E-state index is 14.3. The van der Waals surface area contributed by atoms with Crippen molar-refractivity contribution in [2.75, 3.05) is 13.1 Å². The van der Waals surface area contributed by atoms with E-state index in [2.05, 4.69) is 0 Å². The Morgan fingerprint density at radius 3 is 1.52 bits per heavy atom. The summed E-state index contributed by atoms with van der Waals surface area (Å²) < 4.78 is 85.8. The van der Waals surface area contributed by atoms with Crippen molar-refractivity contribution in [2.24, 2.45) is 0 Å². The second-order valence-corrected chi connectivity index (χ2v) is 19.3. The van der Waals surface area contributed by atoms with Gasteiger partial charge in [-0.15, -0.1) is 0 Å². The molecule has 3 amide bonds. The van der Waals surface area contributed by atoms with Crippen LogP contribution in [-0.4, -0.2) is 75.0 Å². The molecule has 0 radical (unpaired) electrons. The van der Waals surface area contributed by atoms with E-state index < -0.39 is 48.6 Å². The highest BCUT2D eigenvalue weighted by atomic mass is 32.3. The first-order valence-electron chi connectivity index (χ1n) is 17.7. The summed E-state index contributed by atoms with van der Waals surface area (Å²) in [4.78, 5) is 39.5. The summed E-state index contributed by atoms with van der Waals surface area (Å²) >= 11 is 0. The number of nitrogens with zero attached hydrogens (tertiary/aromatic N) is 3. The van der Waals surface area contributed by atoms with E-state index in [0.717, 1.165) is 17.5 Å². The highest BCUT2D eigenvalue weighted by Gasteiger charge is 2.48. The number of benzene rings is 4. The molecule has 2 aliphatic rings. The molecule has 1 atom stereocenters. The molecule has 2 aliphatic heterocycles. The number of carbonyl (C=O) groups excluding carboxylic acids is 3.